The molecule has 0 amide bonds. The largest absolute Gasteiger partial charge is 0.282 e. The van der Waals surface area contributed by atoms with Crippen molar-refractivity contribution < 1.29 is 0 Å². The Morgan fingerprint density at radius 2 is 1.73 bits per heavy atom. The zero-order chi connectivity index (χ0) is 10.9. The third-order valence-corrected chi connectivity index (χ3v) is 2.96. The molecule has 1 aromatic rings. The molecule has 2 heteroatoms. The minimum atomic E-state index is 1.17. The first kappa shape index (κ1) is 12.3. The number of hydrogen-bond acceptors (Lipinski definition) is 1. The molecule has 0 aliphatic heterocycles. The molecule has 0 aliphatic rings. The summed E-state index contributed by atoms with van der Waals surface area (Å²) in [6.07, 6.45) is 12.7. The number of aromatic amines is 1. The summed E-state index contributed by atoms with van der Waals surface area (Å²) in [5.74, 6) is 0. The van der Waals surface area contributed by atoms with Crippen LogP contribution >= 0.6 is 0 Å². The quantitative estimate of drug-likeness (QED) is 0.642. The monoisotopic (exact) mass is 208 g/mol. The summed E-state index contributed by atoms with van der Waals surface area (Å²) in [6.45, 7) is 4.39. The van der Waals surface area contributed by atoms with Crippen molar-refractivity contribution in [2.24, 2.45) is 0 Å². The van der Waals surface area contributed by atoms with Gasteiger partial charge < -0.3 is 0 Å². The summed E-state index contributed by atoms with van der Waals surface area (Å²) >= 11 is 0. The van der Waals surface area contributed by atoms with E-state index in [1.54, 1.807) is 0 Å². The fraction of sp³-hybridized carbons (Fsp3) is 0.769. The summed E-state index contributed by atoms with van der Waals surface area (Å²) in [7, 11) is 0. The van der Waals surface area contributed by atoms with E-state index < -0.39 is 0 Å². The van der Waals surface area contributed by atoms with Gasteiger partial charge in [0.25, 0.3) is 0 Å². The molecule has 0 saturated heterocycles. The molecule has 0 bridgehead atoms. The van der Waals surface area contributed by atoms with Gasteiger partial charge in [0.1, 0.15) is 0 Å². The van der Waals surface area contributed by atoms with Gasteiger partial charge in [-0.15, -0.1) is 0 Å². The molecule has 1 N–H and O–H groups in total. The van der Waals surface area contributed by atoms with Crippen molar-refractivity contribution in [2.45, 2.75) is 65.2 Å². The Labute approximate surface area is 93.5 Å². The normalized spacial score (nSPS) is 10.8. The van der Waals surface area contributed by atoms with Gasteiger partial charge in [0.05, 0.1) is 6.20 Å². The van der Waals surface area contributed by atoms with Crippen LogP contribution in [0.5, 0.6) is 0 Å². The van der Waals surface area contributed by atoms with Crippen LogP contribution in [0.2, 0.25) is 0 Å². The van der Waals surface area contributed by atoms with Gasteiger partial charge in [-0.1, -0.05) is 45.4 Å². The topological polar surface area (TPSA) is 28.7 Å². The molecule has 0 spiro atoms. The van der Waals surface area contributed by atoms with Crippen molar-refractivity contribution in [3.05, 3.63) is 17.5 Å². The number of aryl methyl sites for hydroxylation is 2. The van der Waals surface area contributed by atoms with Crippen LogP contribution in [-0.2, 0) is 6.42 Å². The predicted octanol–water partition coefficient (Wildman–Crippen LogP) is 4.01. The lowest BCUT2D eigenvalue weighted by atomic mass is 10.1. The van der Waals surface area contributed by atoms with E-state index in [1.807, 2.05) is 6.20 Å². The standard InChI is InChI=1S/C13H24N2/c1-3-4-5-6-7-8-9-10-13-12(2)11-14-15-13/h11H,3-10H2,1-2H3,(H,14,15). The van der Waals surface area contributed by atoms with Gasteiger partial charge >= 0.3 is 0 Å². The lowest BCUT2D eigenvalue weighted by molar-refractivity contribution is 0.586. The molecule has 2 nitrogen and oxygen atoms in total. The molecular weight excluding hydrogens is 184 g/mol. The molecule has 1 aromatic heterocycles. The van der Waals surface area contributed by atoms with Crippen molar-refractivity contribution in [3.8, 4) is 0 Å². The zero-order valence-electron chi connectivity index (χ0n) is 10.2. The number of hydrogen-bond donors (Lipinski definition) is 1. The number of nitrogens with zero attached hydrogens (tertiary/aromatic N) is 1. The number of H-pyrrole nitrogens is 1. The van der Waals surface area contributed by atoms with Gasteiger partial charge in [0.2, 0.25) is 0 Å². The van der Waals surface area contributed by atoms with Gasteiger partial charge in [-0.25, -0.2) is 0 Å². The first-order chi connectivity index (χ1) is 7.34. The molecule has 0 fully saturated rings. The van der Waals surface area contributed by atoms with Crippen LogP contribution in [0, 0.1) is 6.92 Å². The second-order valence-electron chi connectivity index (χ2n) is 4.40. The molecule has 0 unspecified atom stereocenters. The van der Waals surface area contributed by atoms with Crippen LogP contribution in [0.1, 0.15) is 63.1 Å². The van der Waals surface area contributed by atoms with Crippen molar-refractivity contribution in [1.29, 1.82) is 0 Å². The fourth-order valence-electron chi connectivity index (χ4n) is 1.89. The summed E-state index contributed by atoms with van der Waals surface area (Å²) in [4.78, 5) is 0. The Morgan fingerprint density at radius 1 is 1.07 bits per heavy atom. The maximum absolute atomic E-state index is 4.04. The fourth-order valence-corrected chi connectivity index (χ4v) is 1.89. The van der Waals surface area contributed by atoms with E-state index >= 15 is 0 Å². The number of rotatable bonds is 8. The van der Waals surface area contributed by atoms with E-state index in [0.717, 1.165) is 0 Å². The van der Waals surface area contributed by atoms with E-state index in [2.05, 4.69) is 24.0 Å². The van der Waals surface area contributed by atoms with Crippen LogP contribution < -0.4 is 0 Å². The third kappa shape index (κ3) is 5.01. The summed E-state index contributed by atoms with van der Waals surface area (Å²) in [6, 6.07) is 0. The van der Waals surface area contributed by atoms with Gasteiger partial charge in [-0.05, 0) is 25.3 Å². The smallest absolute Gasteiger partial charge is 0.0519 e. The van der Waals surface area contributed by atoms with Crippen LogP contribution in [0.3, 0.4) is 0 Å². The highest BCUT2D eigenvalue weighted by atomic mass is 15.1. The summed E-state index contributed by atoms with van der Waals surface area (Å²) < 4.78 is 0. The van der Waals surface area contributed by atoms with Gasteiger partial charge in [0, 0.05) is 5.69 Å². The molecule has 0 saturated carbocycles. The third-order valence-electron chi connectivity index (χ3n) is 2.96. The SMILES string of the molecule is CCCCCCCCCc1[nH]ncc1C. The average Bonchev–Trinajstić information content (AvgIpc) is 2.63. The molecular formula is C13H24N2. The van der Waals surface area contributed by atoms with Crippen LogP contribution in [-0.4, -0.2) is 10.2 Å². The van der Waals surface area contributed by atoms with E-state index in [-0.39, 0.29) is 0 Å². The Bertz CT molecular complexity index is 253. The van der Waals surface area contributed by atoms with Gasteiger partial charge in [-0.3, -0.25) is 5.10 Å². The lowest BCUT2D eigenvalue weighted by Gasteiger charge is -2.01. The van der Waals surface area contributed by atoms with Crippen molar-refractivity contribution in [1.82, 2.24) is 10.2 Å². The van der Waals surface area contributed by atoms with Gasteiger partial charge in [-0.2, -0.15) is 5.10 Å². The van der Waals surface area contributed by atoms with E-state index in [4.69, 9.17) is 0 Å². The van der Waals surface area contributed by atoms with E-state index in [1.165, 1.54) is 62.6 Å². The Hall–Kier alpha value is -0.790. The number of nitrogens with one attached hydrogen (secondary N) is 1. The highest BCUT2D eigenvalue weighted by Gasteiger charge is 1.99. The first-order valence-electron chi connectivity index (χ1n) is 6.33. The predicted molar refractivity (Wildman–Crippen MR) is 65.0 cm³/mol. The van der Waals surface area contributed by atoms with Crippen molar-refractivity contribution >= 4 is 0 Å². The Kier molecular flexibility index (Phi) is 6.14. The van der Waals surface area contributed by atoms with Crippen LogP contribution in [0.4, 0.5) is 0 Å². The second kappa shape index (κ2) is 7.49. The number of unbranched alkanes of at least 4 members (excludes halogenated alkanes) is 6. The second-order valence-corrected chi connectivity index (χ2v) is 4.40. The maximum atomic E-state index is 4.04. The molecule has 1 heterocycles. The van der Waals surface area contributed by atoms with E-state index in [9.17, 15) is 0 Å². The highest BCUT2D eigenvalue weighted by Crippen LogP contribution is 2.11. The molecule has 86 valence electrons. The Morgan fingerprint density at radius 3 is 2.33 bits per heavy atom. The molecule has 1 rings (SSSR count). The van der Waals surface area contributed by atoms with E-state index in [0.29, 0.717) is 0 Å². The minimum Gasteiger partial charge on any atom is -0.282 e. The Balaban J connectivity index is 1.96. The maximum Gasteiger partial charge on any atom is 0.0519 e. The number of aromatic nitrogens is 2. The highest BCUT2D eigenvalue weighted by molar-refractivity contribution is 5.13. The molecule has 0 atom stereocenters. The van der Waals surface area contributed by atoms with Crippen molar-refractivity contribution in [2.75, 3.05) is 0 Å². The summed E-state index contributed by atoms with van der Waals surface area (Å²) in [5.41, 5.74) is 2.63. The summed E-state index contributed by atoms with van der Waals surface area (Å²) in [5, 5.41) is 7.10. The minimum absolute atomic E-state index is 1.17. The van der Waals surface area contributed by atoms with Crippen LogP contribution in [0.25, 0.3) is 0 Å². The molecule has 0 aliphatic carbocycles. The van der Waals surface area contributed by atoms with Gasteiger partial charge in [0.15, 0.2) is 0 Å². The average molecular weight is 208 g/mol. The van der Waals surface area contributed by atoms with Crippen LogP contribution in [0.15, 0.2) is 6.20 Å². The molecule has 0 aromatic carbocycles. The molecule has 0 radical (unpaired) electrons. The lowest BCUT2D eigenvalue weighted by Crippen LogP contribution is -1.89. The molecule has 15 heavy (non-hydrogen) atoms. The first-order valence-corrected chi connectivity index (χ1v) is 6.33. The van der Waals surface area contributed by atoms with Crippen molar-refractivity contribution in [3.63, 3.8) is 0 Å². The zero-order valence-corrected chi connectivity index (χ0v) is 10.2.